The summed E-state index contributed by atoms with van der Waals surface area (Å²) in [4.78, 5) is 10.7. The van der Waals surface area contributed by atoms with Gasteiger partial charge in [0, 0.05) is 6.07 Å². The van der Waals surface area contributed by atoms with Gasteiger partial charge >= 0.3 is 0 Å². The van der Waals surface area contributed by atoms with Crippen molar-refractivity contribution in [2.75, 3.05) is 12.2 Å². The van der Waals surface area contributed by atoms with E-state index in [4.69, 9.17) is 4.74 Å². The predicted octanol–water partition coefficient (Wildman–Crippen LogP) is 4.02. The van der Waals surface area contributed by atoms with Gasteiger partial charge in [-0.25, -0.2) is 0 Å². The summed E-state index contributed by atoms with van der Waals surface area (Å²) in [5, 5.41) is 11.1. The summed E-state index contributed by atoms with van der Waals surface area (Å²) in [7, 11) is 0. The zero-order valence-electron chi connectivity index (χ0n) is 11.2. The Kier molecular flexibility index (Phi) is 5.16. The summed E-state index contributed by atoms with van der Waals surface area (Å²) in [5.74, 6) is 0.522. The number of ether oxygens (including phenoxy) is 1. The van der Waals surface area contributed by atoms with Crippen LogP contribution in [0.1, 0.15) is 32.4 Å². The fourth-order valence-corrected chi connectivity index (χ4v) is 2.09. The molecule has 0 aliphatic rings. The summed E-state index contributed by atoms with van der Waals surface area (Å²) in [6, 6.07) is 6.78. The highest BCUT2D eigenvalue weighted by atomic mass is 32.2. The molecule has 5 heteroatoms. The van der Waals surface area contributed by atoms with Crippen molar-refractivity contribution >= 4 is 17.4 Å². The first-order valence-electron chi connectivity index (χ1n) is 5.71. The third kappa shape index (κ3) is 3.71. The van der Waals surface area contributed by atoms with Crippen LogP contribution in [0.15, 0.2) is 24.3 Å². The third-order valence-electron chi connectivity index (χ3n) is 2.56. The lowest BCUT2D eigenvalue weighted by Gasteiger charge is -2.30. The summed E-state index contributed by atoms with van der Waals surface area (Å²) in [6.07, 6.45) is 1.66. The second-order valence-corrected chi connectivity index (χ2v) is 5.95. The molecular formula is C13H19NO3S. The van der Waals surface area contributed by atoms with Crippen molar-refractivity contribution < 1.29 is 9.66 Å². The minimum atomic E-state index is -0.351. The zero-order valence-corrected chi connectivity index (χ0v) is 12.0. The minimum absolute atomic E-state index is 0.124. The van der Waals surface area contributed by atoms with Crippen LogP contribution in [0.2, 0.25) is 0 Å². The quantitative estimate of drug-likeness (QED) is 0.460. The molecule has 0 N–H and O–H groups in total. The molecule has 0 heterocycles. The van der Waals surface area contributed by atoms with E-state index in [1.807, 2.05) is 33.1 Å². The standard InChI is InChI=1S/C13H19NO3S/c1-13(2,3)12(17-9-18-4)10-7-5-6-8-11(10)14(15)16/h5-8,12H,9H2,1-4H3. The molecule has 100 valence electrons. The van der Waals surface area contributed by atoms with Gasteiger partial charge in [0.1, 0.15) is 0 Å². The Hall–Kier alpha value is -1.07. The van der Waals surface area contributed by atoms with E-state index in [2.05, 4.69) is 0 Å². The fraction of sp³-hybridized carbons (Fsp3) is 0.538. The molecule has 0 fully saturated rings. The maximum absolute atomic E-state index is 11.1. The molecule has 1 unspecified atom stereocenters. The molecule has 1 aromatic rings. The normalized spacial score (nSPS) is 13.3. The molecule has 0 radical (unpaired) electrons. The molecular weight excluding hydrogens is 250 g/mol. The van der Waals surface area contributed by atoms with Crippen LogP contribution >= 0.6 is 11.8 Å². The largest absolute Gasteiger partial charge is 0.362 e. The van der Waals surface area contributed by atoms with Gasteiger partial charge in [0.15, 0.2) is 0 Å². The third-order valence-corrected chi connectivity index (χ3v) is 2.93. The predicted molar refractivity (Wildman–Crippen MR) is 74.8 cm³/mol. The summed E-state index contributed by atoms with van der Waals surface area (Å²) >= 11 is 1.56. The van der Waals surface area contributed by atoms with E-state index in [0.29, 0.717) is 11.5 Å². The van der Waals surface area contributed by atoms with E-state index in [-0.39, 0.29) is 22.1 Å². The number of thioether (sulfide) groups is 1. The molecule has 18 heavy (non-hydrogen) atoms. The van der Waals surface area contributed by atoms with Crippen LogP contribution in [0.4, 0.5) is 5.69 Å². The number of para-hydroxylation sites is 1. The lowest BCUT2D eigenvalue weighted by molar-refractivity contribution is -0.386. The Morgan fingerprint density at radius 3 is 2.50 bits per heavy atom. The van der Waals surface area contributed by atoms with Gasteiger partial charge in [-0.05, 0) is 17.7 Å². The SMILES string of the molecule is CSCOC(c1ccccc1[N+](=O)[O-])C(C)(C)C. The Balaban J connectivity index is 3.16. The molecule has 0 aliphatic carbocycles. The zero-order chi connectivity index (χ0) is 13.8. The van der Waals surface area contributed by atoms with Crippen LogP contribution in [0.3, 0.4) is 0 Å². The molecule has 1 aromatic carbocycles. The van der Waals surface area contributed by atoms with Crippen LogP contribution in [0, 0.1) is 15.5 Å². The minimum Gasteiger partial charge on any atom is -0.362 e. The van der Waals surface area contributed by atoms with Gasteiger partial charge in [0.05, 0.1) is 22.5 Å². The molecule has 0 saturated carbocycles. The highest BCUT2D eigenvalue weighted by Gasteiger charge is 2.32. The molecule has 0 bridgehead atoms. The van der Waals surface area contributed by atoms with Gasteiger partial charge in [-0.15, -0.1) is 11.8 Å². The van der Waals surface area contributed by atoms with E-state index >= 15 is 0 Å². The number of nitrogens with zero attached hydrogens (tertiary/aromatic N) is 1. The molecule has 1 atom stereocenters. The number of benzene rings is 1. The lowest BCUT2D eigenvalue weighted by atomic mass is 9.84. The second-order valence-electron chi connectivity index (χ2n) is 5.14. The first-order valence-corrected chi connectivity index (χ1v) is 7.11. The monoisotopic (exact) mass is 269 g/mol. The maximum Gasteiger partial charge on any atom is 0.275 e. The van der Waals surface area contributed by atoms with E-state index in [0.717, 1.165) is 0 Å². The maximum atomic E-state index is 11.1. The van der Waals surface area contributed by atoms with Crippen LogP contribution < -0.4 is 0 Å². The summed E-state index contributed by atoms with van der Waals surface area (Å²) in [6.45, 7) is 6.07. The number of nitro benzene ring substituents is 1. The number of hydrogen-bond acceptors (Lipinski definition) is 4. The van der Waals surface area contributed by atoms with Gasteiger partial charge in [0.2, 0.25) is 0 Å². The Labute approximate surface area is 112 Å². The van der Waals surface area contributed by atoms with E-state index < -0.39 is 0 Å². The van der Waals surface area contributed by atoms with Crippen molar-refractivity contribution in [2.45, 2.75) is 26.9 Å². The van der Waals surface area contributed by atoms with Crippen molar-refractivity contribution in [1.82, 2.24) is 0 Å². The average molecular weight is 269 g/mol. The van der Waals surface area contributed by atoms with Crippen molar-refractivity contribution in [3.05, 3.63) is 39.9 Å². The number of rotatable bonds is 5. The van der Waals surface area contributed by atoms with E-state index in [1.54, 1.807) is 23.9 Å². The van der Waals surface area contributed by atoms with Crippen molar-refractivity contribution in [2.24, 2.45) is 5.41 Å². The molecule has 0 aromatic heterocycles. The van der Waals surface area contributed by atoms with Gasteiger partial charge < -0.3 is 4.74 Å². The fourth-order valence-electron chi connectivity index (χ4n) is 1.82. The van der Waals surface area contributed by atoms with Gasteiger partial charge in [-0.2, -0.15) is 0 Å². The van der Waals surface area contributed by atoms with Crippen molar-refractivity contribution in [1.29, 1.82) is 0 Å². The smallest absolute Gasteiger partial charge is 0.275 e. The summed E-state index contributed by atoms with van der Waals surface area (Å²) in [5.41, 5.74) is 0.574. The highest BCUT2D eigenvalue weighted by molar-refractivity contribution is 7.98. The second kappa shape index (κ2) is 6.20. The molecule has 0 saturated heterocycles. The van der Waals surface area contributed by atoms with Crippen LogP contribution in [0.5, 0.6) is 0 Å². The molecule has 0 spiro atoms. The van der Waals surface area contributed by atoms with Crippen molar-refractivity contribution in [3.8, 4) is 0 Å². The number of hydrogen-bond donors (Lipinski definition) is 0. The molecule has 0 amide bonds. The highest BCUT2D eigenvalue weighted by Crippen LogP contribution is 2.40. The van der Waals surface area contributed by atoms with Crippen molar-refractivity contribution in [3.63, 3.8) is 0 Å². The first kappa shape index (κ1) is 15.0. The topological polar surface area (TPSA) is 52.4 Å². The van der Waals surface area contributed by atoms with Gasteiger partial charge in [-0.3, -0.25) is 10.1 Å². The van der Waals surface area contributed by atoms with Crippen LogP contribution in [0.25, 0.3) is 0 Å². The van der Waals surface area contributed by atoms with E-state index in [1.165, 1.54) is 6.07 Å². The Bertz CT molecular complexity index is 415. The first-order chi connectivity index (χ1) is 8.38. The average Bonchev–Trinajstić information content (AvgIpc) is 2.28. The lowest BCUT2D eigenvalue weighted by Crippen LogP contribution is -2.22. The Morgan fingerprint density at radius 2 is 2.00 bits per heavy atom. The van der Waals surface area contributed by atoms with E-state index in [9.17, 15) is 10.1 Å². The Morgan fingerprint density at radius 1 is 1.39 bits per heavy atom. The van der Waals surface area contributed by atoms with Gasteiger partial charge in [0.25, 0.3) is 5.69 Å². The summed E-state index contributed by atoms with van der Waals surface area (Å²) < 4.78 is 5.79. The molecule has 0 aliphatic heterocycles. The van der Waals surface area contributed by atoms with Crippen LogP contribution in [-0.2, 0) is 4.74 Å². The molecule has 1 rings (SSSR count). The number of nitro groups is 1. The van der Waals surface area contributed by atoms with Crippen LogP contribution in [-0.4, -0.2) is 17.1 Å². The molecule has 4 nitrogen and oxygen atoms in total. The van der Waals surface area contributed by atoms with Gasteiger partial charge in [-0.1, -0.05) is 32.9 Å².